The summed E-state index contributed by atoms with van der Waals surface area (Å²) in [5.41, 5.74) is -0.669. The molecule has 232 valence electrons. The summed E-state index contributed by atoms with van der Waals surface area (Å²) in [6.45, 7) is 3.55. The number of halogens is 3. The summed E-state index contributed by atoms with van der Waals surface area (Å²) in [4.78, 5) is 48.3. The van der Waals surface area contributed by atoms with Crippen LogP contribution < -0.4 is 5.56 Å². The minimum atomic E-state index is -4.54. The summed E-state index contributed by atoms with van der Waals surface area (Å²) in [7, 11) is 0. The highest BCUT2D eigenvalue weighted by Crippen LogP contribution is 2.31. The first kappa shape index (κ1) is 31.8. The molecule has 1 aliphatic rings. The molecule has 0 radical (unpaired) electrons. The van der Waals surface area contributed by atoms with Crippen molar-refractivity contribution < 1.29 is 22.8 Å². The third-order valence-corrected chi connectivity index (χ3v) is 9.55. The number of thiophene rings is 1. The van der Waals surface area contributed by atoms with Crippen molar-refractivity contribution in [1.29, 1.82) is 0 Å². The molecule has 0 aliphatic carbocycles. The number of aromatic nitrogens is 2. The Labute approximate surface area is 261 Å². The van der Waals surface area contributed by atoms with Crippen molar-refractivity contribution in [1.82, 2.24) is 19.4 Å². The predicted octanol–water partition coefficient (Wildman–Crippen LogP) is 6.42. The van der Waals surface area contributed by atoms with Gasteiger partial charge in [-0.1, -0.05) is 42.4 Å². The molecule has 3 heterocycles. The number of unbranched alkanes of at least 4 members (excludes halogenated alkanes) is 2. The van der Waals surface area contributed by atoms with Crippen LogP contribution in [0.2, 0.25) is 0 Å². The maximum absolute atomic E-state index is 13.4. The summed E-state index contributed by atoms with van der Waals surface area (Å²) in [6, 6.07) is 15.3. The summed E-state index contributed by atoms with van der Waals surface area (Å²) < 4.78 is 41.5. The maximum atomic E-state index is 13.4. The van der Waals surface area contributed by atoms with E-state index < -0.39 is 17.3 Å². The molecule has 2 amide bonds. The summed E-state index contributed by atoms with van der Waals surface area (Å²) in [5, 5.41) is 2.61. The molecule has 1 saturated heterocycles. The zero-order chi connectivity index (χ0) is 31.3. The molecular weight excluding hydrogens is 610 g/mol. The molecule has 44 heavy (non-hydrogen) atoms. The molecule has 4 aromatic rings. The molecule has 2 aromatic carbocycles. The van der Waals surface area contributed by atoms with E-state index in [1.165, 1.54) is 28.5 Å². The number of fused-ring (bicyclic) bond motifs is 1. The van der Waals surface area contributed by atoms with Gasteiger partial charge in [-0.2, -0.15) is 13.2 Å². The van der Waals surface area contributed by atoms with E-state index in [0.717, 1.165) is 29.9 Å². The van der Waals surface area contributed by atoms with Crippen LogP contribution in [0.1, 0.15) is 43.0 Å². The fraction of sp³-hybridized carbons (Fsp3) is 0.375. The van der Waals surface area contributed by atoms with Gasteiger partial charge < -0.3 is 9.80 Å². The van der Waals surface area contributed by atoms with Crippen molar-refractivity contribution in [2.24, 2.45) is 0 Å². The molecule has 1 aliphatic heterocycles. The average molecular weight is 643 g/mol. The number of benzene rings is 2. The normalized spacial score (nSPS) is 15.6. The van der Waals surface area contributed by atoms with Gasteiger partial charge in [0.1, 0.15) is 0 Å². The molecule has 7 nitrogen and oxygen atoms in total. The van der Waals surface area contributed by atoms with Crippen molar-refractivity contribution in [3.63, 3.8) is 0 Å². The Kier molecular flexibility index (Phi) is 10.1. The van der Waals surface area contributed by atoms with Crippen molar-refractivity contribution >= 4 is 45.8 Å². The van der Waals surface area contributed by atoms with E-state index in [1.807, 2.05) is 34.2 Å². The second-order valence-corrected chi connectivity index (χ2v) is 12.9. The van der Waals surface area contributed by atoms with Crippen molar-refractivity contribution in [2.45, 2.75) is 56.4 Å². The van der Waals surface area contributed by atoms with Crippen LogP contribution >= 0.6 is 23.1 Å². The monoisotopic (exact) mass is 642 g/mol. The van der Waals surface area contributed by atoms with Gasteiger partial charge in [-0.05, 0) is 61.5 Å². The molecule has 0 bridgehead atoms. The Morgan fingerprint density at radius 3 is 2.57 bits per heavy atom. The number of hydrogen-bond donors (Lipinski definition) is 0. The van der Waals surface area contributed by atoms with Gasteiger partial charge in [-0.25, -0.2) is 4.98 Å². The minimum Gasteiger partial charge on any atom is -0.339 e. The van der Waals surface area contributed by atoms with E-state index in [0.29, 0.717) is 60.7 Å². The van der Waals surface area contributed by atoms with Gasteiger partial charge in [0, 0.05) is 42.7 Å². The number of amides is 2. The van der Waals surface area contributed by atoms with Crippen LogP contribution in [0.25, 0.3) is 16.6 Å². The second-order valence-electron chi connectivity index (χ2n) is 10.8. The smallest absolute Gasteiger partial charge is 0.339 e. The summed E-state index contributed by atoms with van der Waals surface area (Å²) in [5.74, 6) is 0.744. The predicted molar refractivity (Wildman–Crippen MR) is 167 cm³/mol. The van der Waals surface area contributed by atoms with Gasteiger partial charge >= 0.3 is 6.18 Å². The molecule has 0 saturated carbocycles. The third-order valence-electron chi connectivity index (χ3n) is 7.65. The van der Waals surface area contributed by atoms with Crippen molar-refractivity contribution in [3.8, 4) is 5.69 Å². The number of thioether (sulfide) groups is 1. The van der Waals surface area contributed by atoms with E-state index in [4.69, 9.17) is 0 Å². The molecule has 2 aromatic heterocycles. The zero-order valence-electron chi connectivity index (χ0n) is 24.3. The maximum Gasteiger partial charge on any atom is 0.416 e. The van der Waals surface area contributed by atoms with E-state index in [1.54, 1.807) is 35.6 Å². The first-order valence-electron chi connectivity index (χ1n) is 14.5. The molecule has 1 unspecified atom stereocenters. The Morgan fingerprint density at radius 1 is 1.00 bits per heavy atom. The fourth-order valence-corrected chi connectivity index (χ4v) is 7.06. The molecule has 1 atom stereocenters. The van der Waals surface area contributed by atoms with Crippen LogP contribution in [-0.2, 0) is 22.2 Å². The lowest BCUT2D eigenvalue weighted by Crippen LogP contribution is -2.55. The Balaban J connectivity index is 1.14. The summed E-state index contributed by atoms with van der Waals surface area (Å²) in [6.07, 6.45) is -1.54. The average Bonchev–Trinajstić information content (AvgIpc) is 3.51. The van der Waals surface area contributed by atoms with Crippen LogP contribution in [0.3, 0.4) is 0 Å². The van der Waals surface area contributed by atoms with Crippen LogP contribution in [0, 0.1) is 0 Å². The third kappa shape index (κ3) is 7.52. The van der Waals surface area contributed by atoms with Crippen LogP contribution in [0.15, 0.2) is 76.0 Å². The number of nitrogens with zero attached hydrogens (tertiary/aromatic N) is 4. The van der Waals surface area contributed by atoms with Crippen molar-refractivity contribution in [2.75, 3.05) is 25.4 Å². The SMILES string of the molecule is CC1CN(C(=O)CCCCCSc2nc3ccccc3c(=O)n2-c2cccc(C(F)(F)F)c2)CCN1C(=O)Cc1cccs1. The first-order chi connectivity index (χ1) is 21.1. The van der Waals surface area contributed by atoms with E-state index in [-0.39, 0.29) is 23.5 Å². The van der Waals surface area contributed by atoms with Crippen LogP contribution in [0.4, 0.5) is 13.2 Å². The number of piperazine rings is 1. The van der Waals surface area contributed by atoms with Gasteiger partial charge in [0.15, 0.2) is 5.16 Å². The number of para-hydroxylation sites is 1. The molecule has 1 fully saturated rings. The fourth-order valence-electron chi connectivity index (χ4n) is 5.35. The highest BCUT2D eigenvalue weighted by atomic mass is 32.2. The van der Waals surface area contributed by atoms with E-state index in [2.05, 4.69) is 4.98 Å². The molecule has 5 rings (SSSR count). The lowest BCUT2D eigenvalue weighted by molar-refractivity contribution is -0.142. The van der Waals surface area contributed by atoms with Gasteiger partial charge in [-0.15, -0.1) is 11.3 Å². The Hall–Kier alpha value is -3.64. The standard InChI is InChI=1S/C32H33F3N4O3S2/c1-22-21-37(15-16-38(22)29(41)20-25-11-8-18-43-25)28(40)14-3-2-6-17-44-31-36-27-13-5-4-12-26(27)30(42)39(31)24-10-7-9-23(19-24)32(33,34)35/h4-5,7-13,18-19,22H,2-3,6,14-17,20-21H2,1H3. The zero-order valence-corrected chi connectivity index (χ0v) is 25.9. The number of alkyl halides is 3. The van der Waals surface area contributed by atoms with Gasteiger partial charge in [0.2, 0.25) is 11.8 Å². The van der Waals surface area contributed by atoms with Gasteiger partial charge in [0.25, 0.3) is 5.56 Å². The lowest BCUT2D eigenvalue weighted by Gasteiger charge is -2.40. The van der Waals surface area contributed by atoms with Crippen LogP contribution in [-0.4, -0.2) is 62.6 Å². The number of rotatable bonds is 10. The molecule has 0 N–H and O–H groups in total. The van der Waals surface area contributed by atoms with E-state index >= 15 is 0 Å². The Morgan fingerprint density at radius 2 is 1.82 bits per heavy atom. The Bertz CT molecular complexity index is 1670. The topological polar surface area (TPSA) is 75.5 Å². The molecule has 0 spiro atoms. The second kappa shape index (κ2) is 14.0. The first-order valence-corrected chi connectivity index (χ1v) is 16.4. The van der Waals surface area contributed by atoms with E-state index in [9.17, 15) is 27.6 Å². The molecule has 12 heteroatoms. The van der Waals surface area contributed by atoms with Crippen LogP contribution in [0.5, 0.6) is 0 Å². The number of hydrogen-bond acceptors (Lipinski definition) is 6. The quantitative estimate of drug-likeness (QED) is 0.113. The largest absolute Gasteiger partial charge is 0.416 e. The number of carbonyl (C=O) groups is 2. The lowest BCUT2D eigenvalue weighted by atomic mass is 10.1. The van der Waals surface area contributed by atoms with Crippen molar-refractivity contribution in [3.05, 3.63) is 86.8 Å². The van der Waals surface area contributed by atoms with Gasteiger partial charge in [0.05, 0.1) is 28.6 Å². The highest BCUT2D eigenvalue weighted by molar-refractivity contribution is 7.99. The minimum absolute atomic E-state index is 0.0413. The van der Waals surface area contributed by atoms with Gasteiger partial charge in [-0.3, -0.25) is 19.0 Å². The summed E-state index contributed by atoms with van der Waals surface area (Å²) >= 11 is 2.88. The number of carbonyl (C=O) groups excluding carboxylic acids is 2. The highest BCUT2D eigenvalue weighted by Gasteiger charge is 2.31. The molecular formula is C32H33F3N4O3S2.